The summed E-state index contributed by atoms with van der Waals surface area (Å²) in [7, 11) is 0. The van der Waals surface area contributed by atoms with Crippen molar-refractivity contribution in [1.82, 2.24) is 0 Å². The molecule has 0 fully saturated rings. The lowest BCUT2D eigenvalue weighted by atomic mass is 10.2. The van der Waals surface area contributed by atoms with E-state index in [-0.39, 0.29) is 17.6 Å². The van der Waals surface area contributed by atoms with E-state index in [9.17, 15) is 14.7 Å². The number of rotatable bonds is 2. The molecule has 0 aromatic heterocycles. The van der Waals surface area contributed by atoms with Crippen LogP contribution in [0.4, 0.5) is 11.4 Å². The molecule has 80 valence electrons. The monoisotopic (exact) mass is 208 g/mol. The Kier molecular flexibility index (Phi) is 3.28. The molecule has 2 amide bonds. The molecular formula is C10H12N2O3. The highest BCUT2D eigenvalue weighted by molar-refractivity contribution is 5.92. The lowest BCUT2D eigenvalue weighted by Crippen LogP contribution is -2.08. The predicted molar refractivity (Wildman–Crippen MR) is 56.7 cm³/mol. The van der Waals surface area contributed by atoms with Crippen molar-refractivity contribution in [2.75, 3.05) is 10.6 Å². The minimum Gasteiger partial charge on any atom is -0.508 e. The van der Waals surface area contributed by atoms with Crippen LogP contribution in [0.2, 0.25) is 0 Å². The van der Waals surface area contributed by atoms with E-state index in [1.165, 1.54) is 26.0 Å². The highest BCUT2D eigenvalue weighted by Crippen LogP contribution is 2.23. The van der Waals surface area contributed by atoms with Crippen molar-refractivity contribution in [3.8, 4) is 5.75 Å². The number of benzene rings is 1. The molecule has 1 aromatic rings. The van der Waals surface area contributed by atoms with Gasteiger partial charge in [0.1, 0.15) is 5.75 Å². The van der Waals surface area contributed by atoms with E-state index in [1.54, 1.807) is 6.07 Å². The van der Waals surface area contributed by atoms with E-state index < -0.39 is 0 Å². The minimum atomic E-state index is -0.241. The number of carbonyl (C=O) groups excluding carboxylic acids is 2. The molecule has 0 aliphatic heterocycles. The first-order valence-electron chi connectivity index (χ1n) is 4.36. The molecule has 15 heavy (non-hydrogen) atoms. The van der Waals surface area contributed by atoms with E-state index in [0.29, 0.717) is 11.4 Å². The van der Waals surface area contributed by atoms with Gasteiger partial charge in [-0.15, -0.1) is 0 Å². The van der Waals surface area contributed by atoms with Crippen LogP contribution in [-0.2, 0) is 9.59 Å². The molecule has 0 unspecified atom stereocenters. The number of amides is 2. The molecule has 0 heterocycles. The molecule has 0 aliphatic rings. The summed E-state index contributed by atoms with van der Waals surface area (Å²) in [5.74, 6) is -0.506. The van der Waals surface area contributed by atoms with Crippen molar-refractivity contribution in [3.63, 3.8) is 0 Å². The van der Waals surface area contributed by atoms with Gasteiger partial charge in [0, 0.05) is 37.4 Å². The van der Waals surface area contributed by atoms with Gasteiger partial charge in [-0.1, -0.05) is 0 Å². The number of hydrogen-bond donors (Lipinski definition) is 3. The van der Waals surface area contributed by atoms with Gasteiger partial charge in [0.25, 0.3) is 0 Å². The Bertz CT molecular complexity index is 367. The third kappa shape index (κ3) is 3.68. The first-order chi connectivity index (χ1) is 6.97. The summed E-state index contributed by atoms with van der Waals surface area (Å²) in [6.07, 6.45) is 0. The highest BCUT2D eigenvalue weighted by Gasteiger charge is 2.02. The smallest absolute Gasteiger partial charge is 0.221 e. The largest absolute Gasteiger partial charge is 0.508 e. The average molecular weight is 208 g/mol. The molecule has 0 bridgehead atoms. The number of nitrogens with one attached hydrogen (secondary N) is 2. The number of hydrogen-bond acceptors (Lipinski definition) is 3. The SMILES string of the molecule is CC(=O)Nc1cc(O)cc(NC(C)=O)c1. The fourth-order valence-corrected chi connectivity index (χ4v) is 1.16. The van der Waals surface area contributed by atoms with Crippen molar-refractivity contribution in [2.24, 2.45) is 0 Å². The first-order valence-corrected chi connectivity index (χ1v) is 4.36. The summed E-state index contributed by atoms with van der Waals surface area (Å²) in [6.45, 7) is 2.73. The van der Waals surface area contributed by atoms with Crippen LogP contribution in [0.5, 0.6) is 5.75 Å². The van der Waals surface area contributed by atoms with Gasteiger partial charge in [-0.25, -0.2) is 0 Å². The van der Waals surface area contributed by atoms with Crippen LogP contribution < -0.4 is 10.6 Å². The number of anilines is 2. The number of aromatic hydroxyl groups is 1. The van der Waals surface area contributed by atoms with E-state index >= 15 is 0 Å². The van der Waals surface area contributed by atoms with Gasteiger partial charge in [0.05, 0.1) is 0 Å². The summed E-state index contributed by atoms with van der Waals surface area (Å²) in [6, 6.07) is 4.35. The molecule has 0 saturated carbocycles. The third-order valence-corrected chi connectivity index (χ3v) is 1.56. The van der Waals surface area contributed by atoms with Gasteiger partial charge in [0.15, 0.2) is 0 Å². The van der Waals surface area contributed by atoms with Crippen molar-refractivity contribution in [2.45, 2.75) is 13.8 Å². The molecule has 5 heteroatoms. The molecule has 1 aromatic carbocycles. The zero-order valence-corrected chi connectivity index (χ0v) is 8.50. The summed E-state index contributed by atoms with van der Waals surface area (Å²) in [5.41, 5.74) is 0.873. The fraction of sp³-hybridized carbons (Fsp3) is 0.200. The highest BCUT2D eigenvalue weighted by atomic mass is 16.3. The Morgan fingerprint density at radius 2 is 1.40 bits per heavy atom. The third-order valence-electron chi connectivity index (χ3n) is 1.56. The number of phenolic OH excluding ortho intramolecular Hbond substituents is 1. The Hall–Kier alpha value is -2.04. The van der Waals surface area contributed by atoms with E-state index in [0.717, 1.165) is 0 Å². The maximum atomic E-state index is 10.8. The zero-order valence-electron chi connectivity index (χ0n) is 8.50. The van der Waals surface area contributed by atoms with Gasteiger partial charge < -0.3 is 15.7 Å². The second-order valence-corrected chi connectivity index (χ2v) is 3.13. The van der Waals surface area contributed by atoms with Gasteiger partial charge in [-0.05, 0) is 6.07 Å². The van der Waals surface area contributed by atoms with Crippen molar-refractivity contribution < 1.29 is 14.7 Å². The summed E-state index contributed by atoms with van der Waals surface area (Å²) in [4.78, 5) is 21.6. The van der Waals surface area contributed by atoms with E-state index in [1.807, 2.05) is 0 Å². The molecule has 0 spiro atoms. The maximum absolute atomic E-state index is 10.8. The molecule has 0 atom stereocenters. The number of phenols is 1. The van der Waals surface area contributed by atoms with Crippen LogP contribution in [0, 0.1) is 0 Å². The maximum Gasteiger partial charge on any atom is 0.221 e. The predicted octanol–water partition coefficient (Wildman–Crippen LogP) is 1.31. The van der Waals surface area contributed by atoms with Crippen molar-refractivity contribution >= 4 is 23.2 Å². The van der Waals surface area contributed by atoms with Crippen LogP contribution in [0.25, 0.3) is 0 Å². The molecule has 3 N–H and O–H groups in total. The summed E-state index contributed by atoms with van der Waals surface area (Å²) >= 11 is 0. The normalized spacial score (nSPS) is 9.47. The molecule has 0 saturated heterocycles. The lowest BCUT2D eigenvalue weighted by Gasteiger charge is -2.07. The quantitative estimate of drug-likeness (QED) is 0.685. The first kappa shape index (κ1) is 11.0. The van der Waals surface area contributed by atoms with E-state index in [4.69, 9.17) is 0 Å². The van der Waals surface area contributed by atoms with Crippen molar-refractivity contribution in [3.05, 3.63) is 18.2 Å². The van der Waals surface area contributed by atoms with Gasteiger partial charge in [-0.3, -0.25) is 9.59 Å². The van der Waals surface area contributed by atoms with Crippen LogP contribution in [0.1, 0.15) is 13.8 Å². The van der Waals surface area contributed by atoms with Crippen LogP contribution >= 0.6 is 0 Å². The second kappa shape index (κ2) is 4.45. The summed E-state index contributed by atoms with van der Waals surface area (Å²) in [5, 5.41) is 14.3. The molecule has 0 aliphatic carbocycles. The summed E-state index contributed by atoms with van der Waals surface area (Å²) < 4.78 is 0. The Morgan fingerprint density at radius 3 is 1.73 bits per heavy atom. The molecule has 1 rings (SSSR count). The van der Waals surface area contributed by atoms with Crippen LogP contribution in [0.15, 0.2) is 18.2 Å². The average Bonchev–Trinajstić information content (AvgIpc) is 1.98. The topological polar surface area (TPSA) is 78.4 Å². The van der Waals surface area contributed by atoms with Crippen LogP contribution in [-0.4, -0.2) is 16.9 Å². The number of carbonyl (C=O) groups is 2. The van der Waals surface area contributed by atoms with Crippen molar-refractivity contribution in [1.29, 1.82) is 0 Å². The Labute approximate surface area is 87.1 Å². The Balaban J connectivity index is 2.94. The lowest BCUT2D eigenvalue weighted by molar-refractivity contribution is -0.115. The fourth-order valence-electron chi connectivity index (χ4n) is 1.16. The zero-order chi connectivity index (χ0) is 11.4. The Morgan fingerprint density at radius 1 is 1.00 bits per heavy atom. The van der Waals surface area contributed by atoms with Crippen LogP contribution in [0.3, 0.4) is 0 Å². The minimum absolute atomic E-state index is 0.0231. The second-order valence-electron chi connectivity index (χ2n) is 3.13. The van der Waals surface area contributed by atoms with Gasteiger partial charge in [0.2, 0.25) is 11.8 Å². The van der Waals surface area contributed by atoms with Gasteiger partial charge in [-0.2, -0.15) is 0 Å². The molecule has 0 radical (unpaired) electrons. The standard InChI is InChI=1S/C10H12N2O3/c1-6(13)11-8-3-9(12-7(2)14)5-10(15)4-8/h3-5,15H,1-2H3,(H,11,13)(H,12,14). The van der Waals surface area contributed by atoms with Gasteiger partial charge >= 0.3 is 0 Å². The van der Waals surface area contributed by atoms with E-state index in [2.05, 4.69) is 10.6 Å². The molecular weight excluding hydrogens is 196 g/mol. The molecule has 5 nitrogen and oxygen atoms in total.